The Balaban J connectivity index is 1.77. The van der Waals surface area contributed by atoms with Crippen LogP contribution in [-0.4, -0.2) is 18.4 Å². The zero-order valence-corrected chi connectivity index (χ0v) is 14.8. The van der Waals surface area contributed by atoms with E-state index in [2.05, 4.69) is 10.9 Å². The van der Waals surface area contributed by atoms with E-state index in [1.165, 1.54) is 6.08 Å². The first-order valence-electron chi connectivity index (χ1n) is 7.67. The number of hydrazine groups is 1. The highest BCUT2D eigenvalue weighted by molar-refractivity contribution is 6.30. The smallest absolute Gasteiger partial charge is 0.276 e. The molecule has 0 bridgehead atoms. The van der Waals surface area contributed by atoms with Gasteiger partial charge >= 0.3 is 0 Å². The maximum Gasteiger partial charge on any atom is 0.276 e. The summed E-state index contributed by atoms with van der Waals surface area (Å²) in [5.74, 6) is -0.224. The summed E-state index contributed by atoms with van der Waals surface area (Å²) in [5.41, 5.74) is 7.32. The number of ether oxygens (including phenoxy) is 1. The molecule has 2 amide bonds. The maximum absolute atomic E-state index is 11.8. The third-order valence-corrected chi connectivity index (χ3v) is 3.63. The van der Waals surface area contributed by atoms with Crippen LogP contribution in [-0.2, 0) is 9.59 Å². The van der Waals surface area contributed by atoms with E-state index in [0.717, 1.165) is 16.7 Å². The molecule has 0 spiro atoms. The average molecular weight is 359 g/mol. The maximum atomic E-state index is 11.8. The Morgan fingerprint density at radius 3 is 2.32 bits per heavy atom. The number of hydrogen-bond donors (Lipinski definition) is 2. The van der Waals surface area contributed by atoms with Crippen molar-refractivity contribution >= 4 is 29.5 Å². The van der Waals surface area contributed by atoms with E-state index in [9.17, 15) is 9.59 Å². The molecule has 2 rings (SSSR count). The number of carbonyl (C=O) groups excluding carboxylic acids is 2. The first-order chi connectivity index (χ1) is 12.0. The van der Waals surface area contributed by atoms with Crippen molar-refractivity contribution in [2.45, 2.75) is 13.8 Å². The fourth-order valence-corrected chi connectivity index (χ4v) is 2.25. The molecule has 25 heavy (non-hydrogen) atoms. The zero-order chi connectivity index (χ0) is 18.2. The van der Waals surface area contributed by atoms with Crippen LogP contribution >= 0.6 is 11.6 Å². The second-order valence-electron chi connectivity index (χ2n) is 5.43. The van der Waals surface area contributed by atoms with Crippen molar-refractivity contribution in [3.8, 4) is 5.75 Å². The number of amides is 2. The Hall–Kier alpha value is -2.79. The van der Waals surface area contributed by atoms with Crippen molar-refractivity contribution in [1.29, 1.82) is 0 Å². The molecular weight excluding hydrogens is 340 g/mol. The number of rotatable bonds is 5. The Morgan fingerprint density at radius 2 is 1.68 bits per heavy atom. The molecule has 0 saturated carbocycles. The molecule has 0 aliphatic rings. The van der Waals surface area contributed by atoms with E-state index < -0.39 is 11.8 Å². The van der Waals surface area contributed by atoms with Crippen LogP contribution < -0.4 is 15.6 Å². The lowest BCUT2D eigenvalue weighted by molar-refractivity contribution is -0.128. The molecule has 5 nitrogen and oxygen atoms in total. The molecule has 0 aliphatic heterocycles. The Kier molecular flexibility index (Phi) is 6.60. The molecule has 0 radical (unpaired) electrons. The lowest BCUT2D eigenvalue weighted by Gasteiger charge is -2.11. The molecule has 0 unspecified atom stereocenters. The molecule has 0 saturated heterocycles. The lowest BCUT2D eigenvalue weighted by atomic mass is 10.1. The minimum atomic E-state index is -0.449. The standard InChI is InChI=1S/C19H19ClN2O3/c1-13-4-3-5-14(2)19(13)25-12-18(24)22-21-17(23)11-8-15-6-9-16(20)10-7-15/h3-11H,12H2,1-2H3,(H,21,23)(H,22,24)/b11-8+. The summed E-state index contributed by atoms with van der Waals surface area (Å²) in [7, 11) is 0. The van der Waals surface area contributed by atoms with E-state index in [-0.39, 0.29) is 6.61 Å². The van der Waals surface area contributed by atoms with Gasteiger partial charge in [-0.15, -0.1) is 0 Å². The second kappa shape index (κ2) is 8.89. The highest BCUT2D eigenvalue weighted by atomic mass is 35.5. The predicted molar refractivity (Wildman–Crippen MR) is 98.2 cm³/mol. The number of halogens is 1. The van der Waals surface area contributed by atoms with Gasteiger partial charge in [0, 0.05) is 11.1 Å². The fraction of sp³-hybridized carbons (Fsp3) is 0.158. The van der Waals surface area contributed by atoms with Gasteiger partial charge < -0.3 is 4.74 Å². The largest absolute Gasteiger partial charge is 0.483 e. The van der Waals surface area contributed by atoms with Crippen LogP contribution in [0.15, 0.2) is 48.5 Å². The number of para-hydroxylation sites is 1. The van der Waals surface area contributed by atoms with Crippen LogP contribution in [0.4, 0.5) is 0 Å². The summed E-state index contributed by atoms with van der Waals surface area (Å²) < 4.78 is 5.51. The third-order valence-electron chi connectivity index (χ3n) is 3.38. The lowest BCUT2D eigenvalue weighted by Crippen LogP contribution is -2.43. The number of carbonyl (C=O) groups is 2. The van der Waals surface area contributed by atoms with E-state index in [1.54, 1.807) is 30.3 Å². The summed E-state index contributed by atoms with van der Waals surface area (Å²) in [6, 6.07) is 12.8. The molecule has 0 aliphatic carbocycles. The minimum absolute atomic E-state index is 0.188. The van der Waals surface area contributed by atoms with Gasteiger partial charge in [0.15, 0.2) is 6.61 Å². The number of nitrogens with one attached hydrogen (secondary N) is 2. The van der Waals surface area contributed by atoms with E-state index >= 15 is 0 Å². The summed E-state index contributed by atoms with van der Waals surface area (Å²) >= 11 is 5.79. The molecule has 2 N–H and O–H groups in total. The third kappa shape index (κ3) is 5.97. The van der Waals surface area contributed by atoms with E-state index in [4.69, 9.17) is 16.3 Å². The number of hydrogen-bond acceptors (Lipinski definition) is 3. The van der Waals surface area contributed by atoms with Gasteiger partial charge in [-0.05, 0) is 48.7 Å². The van der Waals surface area contributed by atoms with Crippen LogP contribution in [0.5, 0.6) is 5.75 Å². The molecule has 0 fully saturated rings. The predicted octanol–water partition coefficient (Wildman–Crippen LogP) is 3.20. The highest BCUT2D eigenvalue weighted by Crippen LogP contribution is 2.21. The Morgan fingerprint density at radius 1 is 1.04 bits per heavy atom. The molecule has 0 atom stereocenters. The molecule has 2 aromatic rings. The van der Waals surface area contributed by atoms with Gasteiger partial charge in [-0.1, -0.05) is 41.9 Å². The fourth-order valence-electron chi connectivity index (χ4n) is 2.12. The summed E-state index contributed by atoms with van der Waals surface area (Å²) in [5, 5.41) is 0.623. The van der Waals surface area contributed by atoms with Crippen LogP contribution in [0.1, 0.15) is 16.7 Å². The molecule has 130 valence electrons. The number of benzene rings is 2. The summed E-state index contributed by atoms with van der Waals surface area (Å²) in [4.78, 5) is 23.5. The van der Waals surface area contributed by atoms with Gasteiger partial charge in [-0.2, -0.15) is 0 Å². The van der Waals surface area contributed by atoms with Gasteiger partial charge in [0.05, 0.1) is 0 Å². The van der Waals surface area contributed by atoms with Crippen LogP contribution in [0.2, 0.25) is 5.02 Å². The van der Waals surface area contributed by atoms with Gasteiger partial charge in [0.1, 0.15) is 5.75 Å². The van der Waals surface area contributed by atoms with Crippen LogP contribution in [0.25, 0.3) is 6.08 Å². The molecule has 2 aromatic carbocycles. The van der Waals surface area contributed by atoms with Gasteiger partial charge in [-0.3, -0.25) is 20.4 Å². The normalized spacial score (nSPS) is 10.5. The van der Waals surface area contributed by atoms with Crippen molar-refractivity contribution < 1.29 is 14.3 Å². The van der Waals surface area contributed by atoms with Crippen molar-refractivity contribution in [1.82, 2.24) is 10.9 Å². The minimum Gasteiger partial charge on any atom is -0.483 e. The van der Waals surface area contributed by atoms with Crippen molar-refractivity contribution in [2.24, 2.45) is 0 Å². The molecule has 0 heterocycles. The highest BCUT2D eigenvalue weighted by Gasteiger charge is 2.07. The average Bonchev–Trinajstić information content (AvgIpc) is 2.59. The SMILES string of the molecule is Cc1cccc(C)c1OCC(=O)NNC(=O)/C=C/c1ccc(Cl)cc1. The van der Waals surface area contributed by atoms with Crippen molar-refractivity contribution in [2.75, 3.05) is 6.61 Å². The second-order valence-corrected chi connectivity index (χ2v) is 5.87. The van der Waals surface area contributed by atoms with Gasteiger partial charge in [-0.25, -0.2) is 0 Å². The van der Waals surface area contributed by atoms with E-state index in [1.807, 2.05) is 32.0 Å². The monoisotopic (exact) mass is 358 g/mol. The molecule has 6 heteroatoms. The molecule has 0 aromatic heterocycles. The zero-order valence-electron chi connectivity index (χ0n) is 14.0. The first kappa shape index (κ1) is 18.5. The topological polar surface area (TPSA) is 67.4 Å². The van der Waals surface area contributed by atoms with E-state index in [0.29, 0.717) is 10.8 Å². The quantitative estimate of drug-likeness (QED) is 0.637. The van der Waals surface area contributed by atoms with Crippen molar-refractivity contribution in [3.05, 3.63) is 70.3 Å². The Bertz CT molecular complexity index is 766. The number of aryl methyl sites for hydroxylation is 2. The Labute approximate surface area is 151 Å². The van der Waals surface area contributed by atoms with Crippen molar-refractivity contribution in [3.63, 3.8) is 0 Å². The summed E-state index contributed by atoms with van der Waals surface area (Å²) in [6.07, 6.45) is 2.93. The van der Waals surface area contributed by atoms with Gasteiger partial charge in [0.25, 0.3) is 11.8 Å². The van der Waals surface area contributed by atoms with Crippen LogP contribution in [0, 0.1) is 13.8 Å². The molecular formula is C19H19ClN2O3. The van der Waals surface area contributed by atoms with Crippen LogP contribution in [0.3, 0.4) is 0 Å². The summed E-state index contributed by atoms with van der Waals surface area (Å²) in [6.45, 7) is 3.63. The van der Waals surface area contributed by atoms with Gasteiger partial charge in [0.2, 0.25) is 0 Å². The first-order valence-corrected chi connectivity index (χ1v) is 8.05.